The number of rotatable bonds is 7. The van der Waals surface area contributed by atoms with Crippen molar-refractivity contribution in [3.05, 3.63) is 0 Å². The Balaban J connectivity index is -0.000000366. The van der Waals surface area contributed by atoms with Crippen LogP contribution in [0.2, 0.25) is 0 Å². The van der Waals surface area contributed by atoms with Gasteiger partial charge in [0.1, 0.15) is 0 Å². The van der Waals surface area contributed by atoms with Crippen LogP contribution >= 0.6 is 0 Å². The van der Waals surface area contributed by atoms with E-state index in [-0.39, 0.29) is 11.4 Å². The lowest BCUT2D eigenvalue weighted by Gasteiger charge is -2.19. The van der Waals surface area contributed by atoms with E-state index >= 15 is 0 Å². The zero-order valence-corrected chi connectivity index (χ0v) is 12.2. The van der Waals surface area contributed by atoms with E-state index in [1.807, 2.05) is 0 Å². The van der Waals surface area contributed by atoms with Gasteiger partial charge in [0.15, 0.2) is 5.96 Å². The first-order chi connectivity index (χ1) is 8.20. The minimum Gasteiger partial charge on any atom is -0.412 e. The van der Waals surface area contributed by atoms with E-state index in [4.69, 9.17) is 29.0 Å². The summed E-state index contributed by atoms with van der Waals surface area (Å²) in [6.07, 6.45) is 2.36. The highest BCUT2D eigenvalue weighted by atomic mass is 32.3. The van der Waals surface area contributed by atoms with E-state index in [0.29, 0.717) is 6.54 Å². The molecule has 19 heavy (non-hydrogen) atoms. The first-order valence-electron chi connectivity index (χ1n) is 5.68. The Morgan fingerprint density at radius 2 is 1.47 bits per heavy atom. The highest BCUT2D eigenvalue weighted by molar-refractivity contribution is 7.79. The lowest BCUT2D eigenvalue weighted by molar-refractivity contribution is 0.282. The van der Waals surface area contributed by atoms with Crippen LogP contribution in [0.5, 0.6) is 0 Å². The van der Waals surface area contributed by atoms with Gasteiger partial charge < -0.3 is 21.8 Å². The maximum atomic E-state index is 8.74. The molecule has 0 saturated heterocycles. The molecule has 9 nitrogen and oxygen atoms in total. The van der Waals surface area contributed by atoms with Crippen molar-refractivity contribution in [1.82, 2.24) is 4.90 Å². The van der Waals surface area contributed by atoms with Gasteiger partial charge in [0.2, 0.25) is 0 Å². The van der Waals surface area contributed by atoms with Crippen molar-refractivity contribution in [3.63, 3.8) is 0 Å². The lowest BCUT2D eigenvalue weighted by Crippen LogP contribution is -2.30. The molecule has 0 unspecified atom stereocenters. The van der Waals surface area contributed by atoms with E-state index in [1.54, 1.807) is 0 Å². The topological polar surface area (TPSA) is 174 Å². The van der Waals surface area contributed by atoms with Crippen molar-refractivity contribution in [1.29, 1.82) is 0 Å². The van der Waals surface area contributed by atoms with Crippen molar-refractivity contribution in [2.75, 3.05) is 26.2 Å². The van der Waals surface area contributed by atoms with Crippen molar-refractivity contribution in [2.24, 2.45) is 16.5 Å². The maximum absolute atomic E-state index is 8.74. The van der Waals surface area contributed by atoms with Crippen molar-refractivity contribution >= 4 is 16.4 Å². The summed E-state index contributed by atoms with van der Waals surface area (Å²) in [5, 5.41) is 0. The summed E-state index contributed by atoms with van der Waals surface area (Å²) in [5.41, 5.74) is 10.5. The molecule has 118 valence electrons. The number of aliphatic imine (C=N–C) groups is 1. The molecule has 0 atom stereocenters. The van der Waals surface area contributed by atoms with E-state index in [1.165, 1.54) is 12.8 Å². The molecule has 0 aliphatic heterocycles. The zero-order chi connectivity index (χ0) is 14.6. The third kappa shape index (κ3) is 31.6. The molecule has 0 aliphatic carbocycles. The molecule has 0 rings (SSSR count). The second-order valence-electron chi connectivity index (χ2n) is 3.60. The number of hydrogen-bond acceptors (Lipinski definition) is 4. The predicted octanol–water partition coefficient (Wildman–Crippen LogP) is -1.10. The Morgan fingerprint density at radius 3 is 1.74 bits per heavy atom. The monoisotopic (exact) mass is 302 g/mol. The fourth-order valence-electron chi connectivity index (χ4n) is 1.29. The Kier molecular flexibility index (Phi) is 16.5. The molecule has 0 amide bonds. The molecule has 0 spiro atoms. The van der Waals surface area contributed by atoms with Gasteiger partial charge in [0.05, 0.1) is 6.54 Å². The molecule has 0 saturated carbocycles. The number of nitrogens with two attached hydrogens (primary N) is 2. The minimum absolute atomic E-state index is 0. The zero-order valence-electron chi connectivity index (χ0n) is 11.4. The first-order valence-corrected chi connectivity index (χ1v) is 7.08. The van der Waals surface area contributed by atoms with Crippen LogP contribution in [0, 0.1) is 0 Å². The van der Waals surface area contributed by atoms with Gasteiger partial charge in [0, 0.05) is 6.54 Å². The molecule has 0 aromatic heterocycles. The SMILES string of the molecule is CCCN(CCC)CCN=C(N)N.O.O=S(=O)(O)O. The molecule has 0 heterocycles. The normalized spacial score (nSPS) is 10.2. The molecule has 0 radical (unpaired) electrons. The Hall–Kier alpha value is -0.940. The van der Waals surface area contributed by atoms with Gasteiger partial charge in [-0.05, 0) is 25.9 Å². The summed E-state index contributed by atoms with van der Waals surface area (Å²) in [6, 6.07) is 0. The minimum atomic E-state index is -4.67. The van der Waals surface area contributed by atoms with Crippen molar-refractivity contribution in [3.8, 4) is 0 Å². The second kappa shape index (κ2) is 13.5. The summed E-state index contributed by atoms with van der Waals surface area (Å²) in [7, 11) is -4.67. The Bertz CT molecular complexity index is 303. The predicted molar refractivity (Wildman–Crippen MR) is 75.5 cm³/mol. The second-order valence-corrected chi connectivity index (χ2v) is 4.49. The third-order valence-corrected chi connectivity index (χ3v) is 1.79. The van der Waals surface area contributed by atoms with Gasteiger partial charge in [-0.15, -0.1) is 0 Å². The van der Waals surface area contributed by atoms with Crippen LogP contribution in [0.1, 0.15) is 26.7 Å². The number of nitrogens with zero attached hydrogens (tertiary/aromatic N) is 2. The molecule has 10 heteroatoms. The summed E-state index contributed by atoms with van der Waals surface area (Å²) in [4.78, 5) is 6.34. The molecule has 0 aliphatic rings. The fraction of sp³-hybridized carbons (Fsp3) is 0.889. The van der Waals surface area contributed by atoms with Crippen LogP contribution in [0.4, 0.5) is 0 Å². The highest BCUT2D eigenvalue weighted by Crippen LogP contribution is 1.93. The van der Waals surface area contributed by atoms with E-state index in [2.05, 4.69) is 23.7 Å². The Morgan fingerprint density at radius 1 is 1.11 bits per heavy atom. The van der Waals surface area contributed by atoms with Crippen LogP contribution in [0.15, 0.2) is 4.99 Å². The standard InChI is InChI=1S/C9H22N4.H2O4S.H2O/c1-3-6-13(7-4-2)8-5-12-9(10)11;1-5(2,3)4;/h3-8H2,1-2H3,(H4,10,11,12);(H2,1,2,3,4);1H2. The fourth-order valence-corrected chi connectivity index (χ4v) is 1.29. The molecule has 0 aromatic carbocycles. The highest BCUT2D eigenvalue weighted by Gasteiger charge is 2.00. The van der Waals surface area contributed by atoms with Crippen molar-refractivity contribution in [2.45, 2.75) is 26.7 Å². The largest absolute Gasteiger partial charge is 0.412 e. The molecule has 0 aromatic rings. The molecule has 0 bridgehead atoms. The summed E-state index contributed by atoms with van der Waals surface area (Å²) in [5.74, 6) is 0.188. The average molecular weight is 302 g/mol. The number of hydrogen-bond donors (Lipinski definition) is 4. The van der Waals surface area contributed by atoms with Crippen molar-refractivity contribution < 1.29 is 23.0 Å². The molecule has 8 N–H and O–H groups in total. The van der Waals surface area contributed by atoms with Gasteiger partial charge in [-0.1, -0.05) is 13.8 Å². The molecule has 0 fully saturated rings. The van der Waals surface area contributed by atoms with Gasteiger partial charge in [-0.2, -0.15) is 8.42 Å². The Labute approximate surface area is 114 Å². The van der Waals surface area contributed by atoms with E-state index in [0.717, 1.165) is 19.6 Å². The summed E-state index contributed by atoms with van der Waals surface area (Å²) >= 11 is 0. The summed E-state index contributed by atoms with van der Waals surface area (Å²) < 4.78 is 31.6. The third-order valence-electron chi connectivity index (χ3n) is 1.79. The van der Waals surface area contributed by atoms with E-state index < -0.39 is 10.4 Å². The van der Waals surface area contributed by atoms with Gasteiger partial charge in [-0.3, -0.25) is 14.1 Å². The lowest BCUT2D eigenvalue weighted by atomic mass is 10.3. The van der Waals surface area contributed by atoms with E-state index in [9.17, 15) is 0 Å². The van der Waals surface area contributed by atoms with Gasteiger partial charge >= 0.3 is 10.4 Å². The summed E-state index contributed by atoms with van der Waals surface area (Å²) in [6.45, 7) is 8.30. The quantitative estimate of drug-likeness (QED) is 0.262. The van der Waals surface area contributed by atoms with Crippen LogP contribution in [0.3, 0.4) is 0 Å². The van der Waals surface area contributed by atoms with Crippen LogP contribution < -0.4 is 11.5 Å². The molecular formula is C9H26N4O5S. The van der Waals surface area contributed by atoms with Gasteiger partial charge in [0.25, 0.3) is 0 Å². The van der Waals surface area contributed by atoms with Crippen LogP contribution in [0.25, 0.3) is 0 Å². The van der Waals surface area contributed by atoms with Gasteiger partial charge in [-0.25, -0.2) is 0 Å². The van der Waals surface area contributed by atoms with Crippen LogP contribution in [-0.4, -0.2) is 60.0 Å². The molecular weight excluding hydrogens is 276 g/mol. The number of guanidine groups is 1. The maximum Gasteiger partial charge on any atom is 0.394 e. The first kappa shape index (κ1) is 23.2. The van der Waals surface area contributed by atoms with Crippen LogP contribution in [-0.2, 0) is 10.4 Å². The average Bonchev–Trinajstić information content (AvgIpc) is 2.15. The smallest absolute Gasteiger partial charge is 0.394 e.